The molecule has 2 amide bonds. The maximum atomic E-state index is 13.7. The minimum Gasteiger partial charge on any atom is -0.379 e. The third kappa shape index (κ3) is 9.26. The Morgan fingerprint density at radius 1 is 0.933 bits per heavy atom. The lowest BCUT2D eigenvalue weighted by Crippen LogP contribution is -2.43. The zero-order valence-corrected chi connectivity index (χ0v) is 27.8. The van der Waals surface area contributed by atoms with Crippen LogP contribution in [-0.2, 0) is 27.8 Å². The van der Waals surface area contributed by atoms with Gasteiger partial charge in [-0.1, -0.05) is 66.7 Å². The number of hydrogen-bond acceptors (Lipinski definition) is 6. The van der Waals surface area contributed by atoms with Crippen molar-refractivity contribution in [3.8, 4) is 0 Å². The van der Waals surface area contributed by atoms with Crippen molar-refractivity contribution >= 4 is 26.8 Å². The van der Waals surface area contributed by atoms with Crippen molar-refractivity contribution in [3.63, 3.8) is 0 Å². The van der Waals surface area contributed by atoms with Crippen molar-refractivity contribution in [2.45, 2.75) is 64.0 Å². The van der Waals surface area contributed by atoms with Crippen LogP contribution in [0.25, 0.3) is 10.8 Å². The second kappa shape index (κ2) is 15.5. The first kappa shape index (κ1) is 33.3. The van der Waals surface area contributed by atoms with Crippen LogP contribution in [-0.4, -0.2) is 92.9 Å². The highest BCUT2D eigenvalue weighted by Crippen LogP contribution is 2.24. The SMILES string of the molecule is CC(C)S(=O)(=O)N[C@H]1CCN(Cc2ccc(CN(CCCN3CCOCC3)C(=O)N[C@@H](C)c3cccc4ccccc34)cc2)C1. The zero-order chi connectivity index (χ0) is 31.8. The summed E-state index contributed by atoms with van der Waals surface area (Å²) in [4.78, 5) is 20.4. The van der Waals surface area contributed by atoms with E-state index in [1.54, 1.807) is 13.8 Å². The van der Waals surface area contributed by atoms with Crippen LogP contribution in [0.4, 0.5) is 4.79 Å². The second-order valence-corrected chi connectivity index (χ2v) is 15.0. The molecule has 2 atom stereocenters. The van der Waals surface area contributed by atoms with Crippen LogP contribution in [0.3, 0.4) is 0 Å². The van der Waals surface area contributed by atoms with Gasteiger partial charge in [0.15, 0.2) is 0 Å². The first-order valence-electron chi connectivity index (χ1n) is 16.3. The molecule has 244 valence electrons. The number of rotatable bonds is 13. The summed E-state index contributed by atoms with van der Waals surface area (Å²) in [5, 5.41) is 5.18. The summed E-state index contributed by atoms with van der Waals surface area (Å²) in [6, 6.07) is 22.8. The summed E-state index contributed by atoms with van der Waals surface area (Å²) in [6.45, 7) is 13.3. The van der Waals surface area contributed by atoms with Crippen LogP contribution in [0, 0.1) is 0 Å². The molecule has 2 saturated heterocycles. The first-order valence-corrected chi connectivity index (χ1v) is 17.9. The van der Waals surface area contributed by atoms with Gasteiger partial charge in [0, 0.05) is 58.4 Å². The summed E-state index contributed by atoms with van der Waals surface area (Å²) in [5.41, 5.74) is 3.38. The average molecular weight is 636 g/mol. The van der Waals surface area contributed by atoms with Gasteiger partial charge in [0.05, 0.1) is 24.5 Å². The number of hydrogen-bond donors (Lipinski definition) is 2. The smallest absolute Gasteiger partial charge is 0.318 e. The van der Waals surface area contributed by atoms with Gasteiger partial charge in [-0.3, -0.25) is 9.80 Å². The van der Waals surface area contributed by atoms with Crippen molar-refractivity contribution in [3.05, 3.63) is 83.4 Å². The Labute approximate surface area is 269 Å². The number of sulfonamides is 1. The first-order chi connectivity index (χ1) is 21.7. The van der Waals surface area contributed by atoms with Gasteiger partial charge in [-0.25, -0.2) is 17.9 Å². The Morgan fingerprint density at radius 2 is 1.64 bits per heavy atom. The van der Waals surface area contributed by atoms with E-state index < -0.39 is 15.3 Å². The molecule has 0 aliphatic carbocycles. The Kier molecular flexibility index (Phi) is 11.5. The van der Waals surface area contributed by atoms with Gasteiger partial charge >= 0.3 is 6.03 Å². The molecule has 0 radical (unpaired) electrons. The van der Waals surface area contributed by atoms with Gasteiger partial charge in [-0.05, 0) is 61.1 Å². The monoisotopic (exact) mass is 635 g/mol. The third-order valence-electron chi connectivity index (χ3n) is 8.95. The topological polar surface area (TPSA) is 94.2 Å². The minimum absolute atomic E-state index is 0.0440. The molecule has 2 heterocycles. The molecule has 3 aromatic rings. The predicted octanol–water partition coefficient (Wildman–Crippen LogP) is 4.74. The molecule has 0 saturated carbocycles. The summed E-state index contributed by atoms with van der Waals surface area (Å²) >= 11 is 0. The minimum atomic E-state index is -3.27. The number of amides is 2. The predicted molar refractivity (Wildman–Crippen MR) is 180 cm³/mol. The number of benzene rings is 3. The summed E-state index contributed by atoms with van der Waals surface area (Å²) < 4.78 is 32.9. The fourth-order valence-electron chi connectivity index (χ4n) is 6.21. The molecular formula is C35H49N5O4S. The molecule has 5 rings (SSSR count). The summed E-state index contributed by atoms with van der Waals surface area (Å²) in [6.07, 6.45) is 1.71. The molecule has 2 aliphatic heterocycles. The van der Waals surface area contributed by atoms with E-state index in [0.717, 1.165) is 75.3 Å². The van der Waals surface area contributed by atoms with Gasteiger partial charge in [-0.15, -0.1) is 0 Å². The molecule has 0 aromatic heterocycles. The lowest BCUT2D eigenvalue weighted by Gasteiger charge is -2.29. The van der Waals surface area contributed by atoms with Crippen LogP contribution in [0.5, 0.6) is 0 Å². The zero-order valence-electron chi connectivity index (χ0n) is 27.0. The number of morpholine rings is 1. The second-order valence-electron chi connectivity index (χ2n) is 12.7. The standard InChI is InChI=1S/C35H49N5O4S/c1-27(2)45(42,43)37-32-16-19-39(26-32)24-29-12-14-30(15-13-29)25-40(18-7-17-38-20-22-44-23-21-38)35(41)36-28(3)33-11-6-9-31-8-4-5-10-34(31)33/h4-6,8-15,27-28,32,37H,7,16-26H2,1-3H3,(H,36,41)/t28-,32-/m0/s1. The van der Waals surface area contributed by atoms with E-state index >= 15 is 0 Å². The number of nitrogens with zero attached hydrogens (tertiary/aromatic N) is 3. The number of urea groups is 1. The van der Waals surface area contributed by atoms with E-state index in [-0.39, 0.29) is 18.1 Å². The van der Waals surface area contributed by atoms with Crippen LogP contribution in [0.1, 0.15) is 56.3 Å². The van der Waals surface area contributed by atoms with Gasteiger partial charge in [0.1, 0.15) is 0 Å². The summed E-state index contributed by atoms with van der Waals surface area (Å²) in [5.74, 6) is 0. The molecule has 45 heavy (non-hydrogen) atoms. The number of carbonyl (C=O) groups excluding carboxylic acids is 1. The molecule has 9 nitrogen and oxygen atoms in total. The quantitative estimate of drug-likeness (QED) is 0.282. The molecule has 2 N–H and O–H groups in total. The Bertz CT molecular complexity index is 1500. The van der Waals surface area contributed by atoms with Crippen molar-refractivity contribution < 1.29 is 17.9 Å². The molecule has 0 bridgehead atoms. The van der Waals surface area contributed by atoms with E-state index in [9.17, 15) is 13.2 Å². The van der Waals surface area contributed by atoms with Crippen molar-refractivity contribution in [1.29, 1.82) is 0 Å². The summed E-state index contributed by atoms with van der Waals surface area (Å²) in [7, 11) is -3.27. The van der Waals surface area contributed by atoms with Crippen molar-refractivity contribution in [2.24, 2.45) is 0 Å². The maximum Gasteiger partial charge on any atom is 0.318 e. The fraction of sp³-hybridized carbons (Fsp3) is 0.514. The molecule has 2 fully saturated rings. The molecule has 3 aromatic carbocycles. The van der Waals surface area contributed by atoms with Gasteiger partial charge < -0.3 is 15.0 Å². The highest BCUT2D eigenvalue weighted by molar-refractivity contribution is 7.90. The molecule has 0 unspecified atom stereocenters. The highest BCUT2D eigenvalue weighted by atomic mass is 32.2. The number of carbonyl (C=O) groups is 1. The molecular weight excluding hydrogens is 586 g/mol. The lowest BCUT2D eigenvalue weighted by molar-refractivity contribution is 0.0364. The molecule has 10 heteroatoms. The third-order valence-corrected chi connectivity index (χ3v) is 10.9. The normalized spacial score (nSPS) is 18.8. The van der Waals surface area contributed by atoms with E-state index in [0.29, 0.717) is 19.6 Å². The number of likely N-dealkylation sites (tertiary alicyclic amines) is 1. The van der Waals surface area contributed by atoms with Gasteiger partial charge in [0.2, 0.25) is 10.0 Å². The van der Waals surface area contributed by atoms with Crippen LogP contribution < -0.4 is 10.0 Å². The Morgan fingerprint density at radius 3 is 2.40 bits per heavy atom. The average Bonchev–Trinajstić information content (AvgIpc) is 3.47. The largest absolute Gasteiger partial charge is 0.379 e. The van der Waals surface area contributed by atoms with Gasteiger partial charge in [0.25, 0.3) is 0 Å². The van der Waals surface area contributed by atoms with Crippen molar-refractivity contribution in [1.82, 2.24) is 24.7 Å². The fourth-order valence-corrected chi connectivity index (χ4v) is 7.14. The van der Waals surface area contributed by atoms with E-state index in [1.165, 1.54) is 10.9 Å². The number of nitrogens with one attached hydrogen (secondary N) is 2. The van der Waals surface area contributed by atoms with E-state index in [4.69, 9.17) is 4.74 Å². The number of fused-ring (bicyclic) bond motifs is 1. The molecule has 0 spiro atoms. The van der Waals surface area contributed by atoms with Crippen LogP contribution >= 0.6 is 0 Å². The Balaban J connectivity index is 1.20. The lowest BCUT2D eigenvalue weighted by atomic mass is 10.00. The van der Waals surface area contributed by atoms with Crippen LogP contribution in [0.15, 0.2) is 66.7 Å². The van der Waals surface area contributed by atoms with Crippen molar-refractivity contribution in [2.75, 3.05) is 52.5 Å². The Hall–Kier alpha value is -3.02. The van der Waals surface area contributed by atoms with Gasteiger partial charge in [-0.2, -0.15) is 0 Å². The highest BCUT2D eigenvalue weighted by Gasteiger charge is 2.28. The van der Waals surface area contributed by atoms with E-state index in [2.05, 4.69) is 75.3 Å². The maximum absolute atomic E-state index is 13.7. The number of ether oxygens (including phenoxy) is 1. The van der Waals surface area contributed by atoms with Crippen LogP contribution in [0.2, 0.25) is 0 Å². The molecule has 2 aliphatic rings. The van der Waals surface area contributed by atoms with E-state index in [1.807, 2.05) is 23.1 Å².